The fraction of sp³-hybridized carbons (Fsp3) is 0.565. The number of allylic oxidation sites excluding steroid dienone is 7. The molecule has 6 N–H and O–H groups in total. The summed E-state index contributed by atoms with van der Waals surface area (Å²) in [5.74, 6) is -1.86. The predicted molar refractivity (Wildman–Crippen MR) is 126 cm³/mol. The lowest BCUT2D eigenvalue weighted by Gasteiger charge is -2.20. The fourth-order valence-corrected chi connectivity index (χ4v) is 3.64. The Bertz CT molecular complexity index is 603. The van der Waals surface area contributed by atoms with E-state index in [2.05, 4.69) is 12.2 Å². The molecule has 0 bridgehead atoms. The Morgan fingerprint density at radius 3 is 2.35 bits per heavy atom. The zero-order valence-electron chi connectivity index (χ0n) is 18.0. The van der Waals surface area contributed by atoms with E-state index in [4.69, 9.17) is 21.1 Å². The zero-order chi connectivity index (χ0) is 23.3. The standard InChI is InChI=1S/C23H37NO6S/c24-19(23(29)30)18-31-21(20(26)14-13-16-22(27)28)15-11-9-7-5-3-1-2-4-6-8-10-12-17-25/h2-5,7,9,11,15,19-21,25-26H,1,6,8,10,12-14,16-18,24H2,(H,27,28)(H,29,30)/b4-2-,5-3-,9-7+,15-11+/t19-,20-,21+/m0/s1. The Kier molecular flexibility index (Phi) is 18.8. The van der Waals surface area contributed by atoms with Crippen LogP contribution in [0.5, 0.6) is 0 Å². The number of rotatable bonds is 19. The Labute approximate surface area is 189 Å². The Hall–Kier alpha value is -1.87. The van der Waals surface area contributed by atoms with Crippen molar-refractivity contribution in [2.75, 3.05) is 12.4 Å². The summed E-state index contributed by atoms with van der Waals surface area (Å²) in [7, 11) is 0. The monoisotopic (exact) mass is 455 g/mol. The van der Waals surface area contributed by atoms with E-state index in [0.29, 0.717) is 12.8 Å². The normalized spacial score (nSPS) is 15.3. The Morgan fingerprint density at radius 2 is 1.68 bits per heavy atom. The number of aliphatic carboxylic acids is 2. The van der Waals surface area contributed by atoms with Crippen LogP contribution in [-0.4, -0.2) is 62.1 Å². The van der Waals surface area contributed by atoms with Gasteiger partial charge in [-0.25, -0.2) is 0 Å². The minimum absolute atomic E-state index is 0.0192. The van der Waals surface area contributed by atoms with Crippen molar-refractivity contribution in [3.63, 3.8) is 0 Å². The van der Waals surface area contributed by atoms with Gasteiger partial charge in [0.2, 0.25) is 0 Å². The van der Waals surface area contributed by atoms with Gasteiger partial charge in [-0.05, 0) is 38.5 Å². The van der Waals surface area contributed by atoms with Gasteiger partial charge in [0, 0.05) is 24.0 Å². The molecule has 0 aliphatic heterocycles. The van der Waals surface area contributed by atoms with Gasteiger partial charge in [-0.3, -0.25) is 9.59 Å². The summed E-state index contributed by atoms with van der Waals surface area (Å²) in [4.78, 5) is 21.5. The van der Waals surface area contributed by atoms with E-state index >= 15 is 0 Å². The molecule has 31 heavy (non-hydrogen) atoms. The highest BCUT2D eigenvalue weighted by molar-refractivity contribution is 8.00. The van der Waals surface area contributed by atoms with Crippen LogP contribution in [0, 0.1) is 0 Å². The maximum Gasteiger partial charge on any atom is 0.321 e. The van der Waals surface area contributed by atoms with E-state index in [1.54, 1.807) is 12.2 Å². The van der Waals surface area contributed by atoms with Gasteiger partial charge in [0.15, 0.2) is 0 Å². The summed E-state index contributed by atoms with van der Waals surface area (Å²) >= 11 is 1.24. The van der Waals surface area contributed by atoms with Crippen molar-refractivity contribution in [2.24, 2.45) is 5.73 Å². The third kappa shape index (κ3) is 18.6. The molecule has 0 fully saturated rings. The first-order valence-electron chi connectivity index (χ1n) is 10.6. The number of aliphatic hydroxyl groups is 2. The molecule has 0 aromatic heterocycles. The van der Waals surface area contributed by atoms with Crippen molar-refractivity contribution < 1.29 is 30.0 Å². The van der Waals surface area contributed by atoms with Crippen molar-refractivity contribution in [3.8, 4) is 0 Å². The van der Waals surface area contributed by atoms with Gasteiger partial charge >= 0.3 is 11.9 Å². The molecule has 0 saturated heterocycles. The molecular weight excluding hydrogens is 418 g/mol. The maximum absolute atomic E-state index is 10.9. The molecule has 0 heterocycles. The number of carbonyl (C=O) groups is 2. The Balaban J connectivity index is 4.46. The molecular formula is C23H37NO6S. The zero-order valence-corrected chi connectivity index (χ0v) is 18.8. The number of unbranched alkanes of at least 4 members (excludes halogenated alkanes) is 3. The predicted octanol–water partition coefficient (Wildman–Crippen LogP) is 3.28. The molecule has 0 saturated carbocycles. The molecule has 0 rings (SSSR count). The van der Waals surface area contributed by atoms with Crippen LogP contribution in [-0.2, 0) is 9.59 Å². The molecule has 176 valence electrons. The minimum atomic E-state index is -1.10. The van der Waals surface area contributed by atoms with Crippen LogP contribution in [0.25, 0.3) is 0 Å². The number of hydrogen-bond donors (Lipinski definition) is 5. The second-order valence-electron chi connectivity index (χ2n) is 7.07. The molecule has 3 atom stereocenters. The average Bonchev–Trinajstić information content (AvgIpc) is 2.72. The molecule has 0 spiro atoms. The van der Waals surface area contributed by atoms with Crippen molar-refractivity contribution in [1.29, 1.82) is 0 Å². The molecule has 0 radical (unpaired) electrons. The summed E-state index contributed by atoms with van der Waals surface area (Å²) in [6.07, 6.45) is 20.1. The van der Waals surface area contributed by atoms with Crippen molar-refractivity contribution in [2.45, 2.75) is 68.8 Å². The number of nitrogens with two attached hydrogens (primary N) is 1. The van der Waals surface area contributed by atoms with Gasteiger partial charge in [-0.15, -0.1) is 11.8 Å². The fourth-order valence-electron chi connectivity index (χ4n) is 2.51. The average molecular weight is 456 g/mol. The lowest BCUT2D eigenvalue weighted by molar-refractivity contribution is -0.138. The quantitative estimate of drug-likeness (QED) is 0.113. The highest BCUT2D eigenvalue weighted by atomic mass is 32.2. The van der Waals surface area contributed by atoms with Crippen molar-refractivity contribution in [3.05, 3.63) is 48.6 Å². The van der Waals surface area contributed by atoms with Crippen molar-refractivity contribution in [1.82, 2.24) is 0 Å². The van der Waals surface area contributed by atoms with E-state index in [-0.39, 0.29) is 24.0 Å². The first-order chi connectivity index (χ1) is 14.9. The van der Waals surface area contributed by atoms with Gasteiger partial charge in [-0.2, -0.15) is 0 Å². The number of aliphatic hydroxyl groups excluding tert-OH is 2. The first kappa shape index (κ1) is 29.1. The molecule has 7 nitrogen and oxygen atoms in total. The van der Waals surface area contributed by atoms with Crippen LogP contribution < -0.4 is 5.73 Å². The highest BCUT2D eigenvalue weighted by Gasteiger charge is 2.20. The third-order valence-electron chi connectivity index (χ3n) is 4.29. The summed E-state index contributed by atoms with van der Waals surface area (Å²) in [5, 5.41) is 36.3. The molecule has 8 heteroatoms. The third-order valence-corrected chi connectivity index (χ3v) is 5.70. The van der Waals surface area contributed by atoms with Gasteiger partial charge in [-0.1, -0.05) is 55.0 Å². The lowest BCUT2D eigenvalue weighted by Crippen LogP contribution is -2.34. The summed E-state index contributed by atoms with van der Waals surface area (Å²) in [5.41, 5.74) is 5.54. The lowest BCUT2D eigenvalue weighted by atomic mass is 10.1. The minimum Gasteiger partial charge on any atom is -0.481 e. The molecule has 0 amide bonds. The molecule has 0 aliphatic carbocycles. The van der Waals surface area contributed by atoms with Crippen LogP contribution in [0.15, 0.2) is 48.6 Å². The summed E-state index contributed by atoms with van der Waals surface area (Å²) in [6.45, 7) is 0.256. The number of hydrogen-bond acceptors (Lipinski definition) is 6. The maximum atomic E-state index is 10.9. The second-order valence-corrected chi connectivity index (χ2v) is 8.28. The Morgan fingerprint density at radius 1 is 0.935 bits per heavy atom. The van der Waals surface area contributed by atoms with E-state index in [1.165, 1.54) is 11.8 Å². The van der Waals surface area contributed by atoms with Crippen molar-refractivity contribution >= 4 is 23.7 Å². The van der Waals surface area contributed by atoms with Gasteiger partial charge in [0.05, 0.1) is 6.10 Å². The van der Waals surface area contributed by atoms with E-state index in [1.807, 2.05) is 24.3 Å². The second kappa shape index (κ2) is 20.1. The van der Waals surface area contributed by atoms with Gasteiger partial charge in [0.1, 0.15) is 6.04 Å². The number of thioether (sulfide) groups is 1. The van der Waals surface area contributed by atoms with E-state index in [0.717, 1.165) is 32.1 Å². The molecule has 0 unspecified atom stereocenters. The smallest absolute Gasteiger partial charge is 0.321 e. The number of carboxylic acids is 2. The molecule has 0 aliphatic rings. The van der Waals surface area contributed by atoms with Crippen LogP contribution in [0.3, 0.4) is 0 Å². The summed E-state index contributed by atoms with van der Waals surface area (Å²) in [6, 6.07) is -1.02. The SMILES string of the molecule is N[C@@H](CS[C@H](/C=C/C=C/C=C\C/C=C\CCCCCO)[C@@H](O)CCCC(=O)O)C(=O)O. The van der Waals surface area contributed by atoms with Crippen LogP contribution in [0.1, 0.15) is 51.4 Å². The highest BCUT2D eigenvalue weighted by Crippen LogP contribution is 2.21. The topological polar surface area (TPSA) is 141 Å². The van der Waals surface area contributed by atoms with Crippen LogP contribution in [0.4, 0.5) is 0 Å². The number of carboxylic acid groups (broad SMARTS) is 2. The van der Waals surface area contributed by atoms with E-state index < -0.39 is 24.1 Å². The molecule has 0 aromatic carbocycles. The van der Waals surface area contributed by atoms with Gasteiger partial charge in [0.25, 0.3) is 0 Å². The van der Waals surface area contributed by atoms with Crippen LogP contribution in [0.2, 0.25) is 0 Å². The largest absolute Gasteiger partial charge is 0.481 e. The first-order valence-corrected chi connectivity index (χ1v) is 11.7. The van der Waals surface area contributed by atoms with Crippen LogP contribution >= 0.6 is 11.8 Å². The summed E-state index contributed by atoms with van der Waals surface area (Å²) < 4.78 is 0. The van der Waals surface area contributed by atoms with Gasteiger partial charge < -0.3 is 26.2 Å². The molecule has 0 aromatic rings. The van der Waals surface area contributed by atoms with E-state index in [9.17, 15) is 14.7 Å².